The van der Waals surface area contributed by atoms with Crippen molar-refractivity contribution in [1.82, 2.24) is 4.90 Å². The lowest BCUT2D eigenvalue weighted by Crippen LogP contribution is -2.34. The highest BCUT2D eigenvalue weighted by atomic mass is 17.2. The van der Waals surface area contributed by atoms with E-state index in [2.05, 4.69) is 0 Å². The van der Waals surface area contributed by atoms with Gasteiger partial charge < -0.3 is 14.5 Å². The topological polar surface area (TPSA) is 48.0 Å². The minimum atomic E-state index is -0.302. The van der Waals surface area contributed by atoms with Gasteiger partial charge in [-0.05, 0) is 31.0 Å². The van der Waals surface area contributed by atoms with Crippen LogP contribution in [0.2, 0.25) is 0 Å². The van der Waals surface area contributed by atoms with Crippen LogP contribution in [0.3, 0.4) is 0 Å². The highest BCUT2D eigenvalue weighted by Crippen LogP contribution is 2.29. The second kappa shape index (κ2) is 6.43. The molecule has 1 aromatic carbocycles. The number of amides is 1. The molecule has 1 heterocycles. The summed E-state index contributed by atoms with van der Waals surface area (Å²) >= 11 is 0. The first kappa shape index (κ1) is 13.7. The van der Waals surface area contributed by atoms with Gasteiger partial charge in [-0.1, -0.05) is 13.8 Å². The Morgan fingerprint density at radius 3 is 2.74 bits per heavy atom. The lowest BCUT2D eigenvalue weighted by molar-refractivity contribution is -0.194. The molecule has 0 bridgehead atoms. The van der Waals surface area contributed by atoms with Crippen molar-refractivity contribution in [1.29, 1.82) is 0 Å². The summed E-state index contributed by atoms with van der Waals surface area (Å²) in [6.07, 6.45) is 1.53. The van der Waals surface area contributed by atoms with E-state index in [1.165, 1.54) is 0 Å². The summed E-state index contributed by atoms with van der Waals surface area (Å²) in [5, 5.41) is 0. The quantitative estimate of drug-likeness (QED) is 0.767. The van der Waals surface area contributed by atoms with Crippen molar-refractivity contribution in [3.05, 3.63) is 23.8 Å². The van der Waals surface area contributed by atoms with Gasteiger partial charge in [-0.2, -0.15) is 4.89 Å². The van der Waals surface area contributed by atoms with Gasteiger partial charge >= 0.3 is 6.09 Å². The van der Waals surface area contributed by atoms with Gasteiger partial charge in [0, 0.05) is 18.7 Å². The lowest BCUT2D eigenvalue weighted by atomic mass is 10.2. The van der Waals surface area contributed by atoms with Crippen molar-refractivity contribution >= 4 is 6.09 Å². The van der Waals surface area contributed by atoms with Crippen LogP contribution in [-0.4, -0.2) is 24.1 Å². The van der Waals surface area contributed by atoms with E-state index in [1.807, 2.05) is 13.8 Å². The normalized spacial score (nSPS) is 12.7. The summed E-state index contributed by atoms with van der Waals surface area (Å²) < 4.78 is 5.38. The number of carbonyl (C=O) groups is 1. The summed E-state index contributed by atoms with van der Waals surface area (Å²) in [7, 11) is 0. The van der Waals surface area contributed by atoms with Gasteiger partial charge in [0.05, 0.1) is 0 Å². The molecule has 0 saturated heterocycles. The number of fused-ring (bicyclic) bond motifs is 1. The fourth-order valence-corrected chi connectivity index (χ4v) is 1.97. The van der Waals surface area contributed by atoms with Crippen LogP contribution >= 0.6 is 0 Å². The van der Waals surface area contributed by atoms with Crippen LogP contribution in [0, 0.1) is 0 Å². The van der Waals surface area contributed by atoms with Gasteiger partial charge in [0.25, 0.3) is 0 Å². The second-order valence-electron chi connectivity index (χ2n) is 4.47. The maximum absolute atomic E-state index is 12.0. The van der Waals surface area contributed by atoms with Gasteiger partial charge in [-0.15, -0.1) is 0 Å². The van der Waals surface area contributed by atoms with Crippen LogP contribution in [0.25, 0.3) is 0 Å². The van der Waals surface area contributed by atoms with Gasteiger partial charge in [0.15, 0.2) is 5.75 Å². The molecule has 0 aliphatic carbocycles. The summed E-state index contributed by atoms with van der Waals surface area (Å²) in [6.45, 7) is 5.89. The van der Waals surface area contributed by atoms with E-state index in [1.54, 1.807) is 23.1 Å². The van der Waals surface area contributed by atoms with Gasteiger partial charge in [0.2, 0.25) is 0 Å². The predicted molar refractivity (Wildman–Crippen MR) is 70.0 cm³/mol. The molecule has 5 heteroatoms. The fourth-order valence-electron chi connectivity index (χ4n) is 1.97. The molecule has 1 aromatic rings. The number of nitrogens with zero attached hydrogens (tertiary/aromatic N) is 1. The lowest BCUT2D eigenvalue weighted by Gasteiger charge is -2.20. The minimum absolute atomic E-state index is 0.302. The Bertz CT molecular complexity index is 441. The first-order valence-corrected chi connectivity index (χ1v) is 6.63. The SMILES string of the molecule is CCCN(CCC)C(=O)Oc1ccc2c(c1)COO2. The number of hydrogen-bond donors (Lipinski definition) is 0. The number of ether oxygens (including phenoxy) is 1. The van der Waals surface area contributed by atoms with Crippen molar-refractivity contribution in [2.24, 2.45) is 0 Å². The highest BCUT2D eigenvalue weighted by Gasteiger charge is 2.18. The standard InChI is InChI=1S/C14H19NO4/c1-3-7-15(8-4-2)14(16)18-12-5-6-13-11(9-12)10-17-19-13/h5-6,9H,3-4,7-8,10H2,1-2H3. The molecular formula is C14H19NO4. The van der Waals surface area contributed by atoms with E-state index in [4.69, 9.17) is 14.5 Å². The molecule has 5 nitrogen and oxygen atoms in total. The summed E-state index contributed by atoms with van der Waals surface area (Å²) in [5.41, 5.74) is 0.892. The Morgan fingerprint density at radius 1 is 1.32 bits per heavy atom. The minimum Gasteiger partial charge on any atom is -0.410 e. The van der Waals surface area contributed by atoms with Crippen molar-refractivity contribution in [3.8, 4) is 11.5 Å². The maximum atomic E-state index is 12.0. The molecule has 1 amide bonds. The first-order chi connectivity index (χ1) is 9.24. The third-order valence-corrected chi connectivity index (χ3v) is 2.85. The average Bonchev–Trinajstić information content (AvgIpc) is 2.86. The molecule has 2 rings (SSSR count). The molecule has 104 valence electrons. The maximum Gasteiger partial charge on any atom is 0.415 e. The number of rotatable bonds is 5. The summed E-state index contributed by atoms with van der Waals surface area (Å²) in [6, 6.07) is 5.23. The van der Waals surface area contributed by atoms with Crippen LogP contribution < -0.4 is 9.62 Å². The van der Waals surface area contributed by atoms with E-state index in [0.717, 1.165) is 18.4 Å². The summed E-state index contributed by atoms with van der Waals surface area (Å²) in [5.74, 6) is 1.20. The van der Waals surface area contributed by atoms with E-state index in [-0.39, 0.29) is 6.09 Å². The Morgan fingerprint density at radius 2 is 2.05 bits per heavy atom. The molecule has 0 saturated carbocycles. The van der Waals surface area contributed by atoms with E-state index >= 15 is 0 Å². The third-order valence-electron chi connectivity index (χ3n) is 2.85. The Labute approximate surface area is 113 Å². The number of benzene rings is 1. The van der Waals surface area contributed by atoms with Crippen LogP contribution in [0.4, 0.5) is 4.79 Å². The zero-order valence-electron chi connectivity index (χ0n) is 11.3. The third kappa shape index (κ3) is 3.38. The zero-order valence-corrected chi connectivity index (χ0v) is 11.3. The molecular weight excluding hydrogens is 246 g/mol. The van der Waals surface area contributed by atoms with Crippen LogP contribution in [0.1, 0.15) is 32.3 Å². The van der Waals surface area contributed by atoms with Crippen LogP contribution in [-0.2, 0) is 11.5 Å². The van der Waals surface area contributed by atoms with Gasteiger partial charge in [-0.25, -0.2) is 4.79 Å². The number of hydrogen-bond acceptors (Lipinski definition) is 4. The average molecular weight is 265 g/mol. The zero-order chi connectivity index (χ0) is 13.7. The van der Waals surface area contributed by atoms with E-state index in [0.29, 0.717) is 31.2 Å². The molecule has 0 radical (unpaired) electrons. The van der Waals surface area contributed by atoms with Crippen LogP contribution in [0.5, 0.6) is 11.5 Å². The van der Waals surface area contributed by atoms with Gasteiger partial charge in [0.1, 0.15) is 12.4 Å². The van der Waals surface area contributed by atoms with Crippen molar-refractivity contribution in [2.45, 2.75) is 33.3 Å². The highest BCUT2D eigenvalue weighted by molar-refractivity contribution is 5.70. The smallest absolute Gasteiger partial charge is 0.410 e. The molecule has 1 aliphatic rings. The van der Waals surface area contributed by atoms with Crippen LogP contribution in [0.15, 0.2) is 18.2 Å². The largest absolute Gasteiger partial charge is 0.415 e. The predicted octanol–water partition coefficient (Wildman–Crippen LogP) is 3.13. The Kier molecular flexibility index (Phi) is 4.63. The Hall–Kier alpha value is -1.75. The van der Waals surface area contributed by atoms with Gasteiger partial charge in [-0.3, -0.25) is 0 Å². The Balaban J connectivity index is 2.01. The van der Waals surface area contributed by atoms with Crippen molar-refractivity contribution in [3.63, 3.8) is 0 Å². The second-order valence-corrected chi connectivity index (χ2v) is 4.47. The molecule has 0 fully saturated rings. The molecule has 0 unspecified atom stereocenters. The molecule has 0 atom stereocenters. The monoisotopic (exact) mass is 265 g/mol. The summed E-state index contributed by atoms with van der Waals surface area (Å²) in [4.78, 5) is 23.5. The van der Waals surface area contributed by atoms with Crippen molar-refractivity contribution < 1.29 is 19.3 Å². The molecule has 19 heavy (non-hydrogen) atoms. The molecule has 0 aromatic heterocycles. The fraction of sp³-hybridized carbons (Fsp3) is 0.500. The first-order valence-electron chi connectivity index (χ1n) is 6.63. The number of carbonyl (C=O) groups excluding carboxylic acids is 1. The van der Waals surface area contributed by atoms with E-state index in [9.17, 15) is 4.79 Å². The molecule has 1 aliphatic heterocycles. The van der Waals surface area contributed by atoms with Crippen molar-refractivity contribution in [2.75, 3.05) is 13.1 Å². The van der Waals surface area contributed by atoms with E-state index < -0.39 is 0 Å². The molecule has 0 N–H and O–H groups in total. The molecule has 0 spiro atoms.